The Morgan fingerprint density at radius 2 is 1.68 bits per heavy atom. The van der Waals surface area contributed by atoms with E-state index in [4.69, 9.17) is 4.74 Å². The Hall–Kier alpha value is -2.97. The van der Waals surface area contributed by atoms with Crippen molar-refractivity contribution in [2.24, 2.45) is 11.8 Å². The van der Waals surface area contributed by atoms with E-state index in [0.717, 1.165) is 5.56 Å². The normalized spacial score (nSPS) is 34.3. The van der Waals surface area contributed by atoms with Gasteiger partial charge in [-0.25, -0.2) is 0 Å². The summed E-state index contributed by atoms with van der Waals surface area (Å²) in [6, 6.07) is 7.97. The van der Waals surface area contributed by atoms with Gasteiger partial charge in [0.05, 0.1) is 30.1 Å². The van der Waals surface area contributed by atoms with E-state index in [2.05, 4.69) is 0 Å². The third-order valence-corrected chi connectivity index (χ3v) is 8.42. The summed E-state index contributed by atoms with van der Waals surface area (Å²) in [5.74, 6) is -2.40. The number of likely N-dealkylation sites (tertiary alicyclic amines) is 1. The number of aliphatic hydroxyl groups excluding tert-OH is 1. The van der Waals surface area contributed by atoms with E-state index in [0.29, 0.717) is 19.5 Å². The summed E-state index contributed by atoms with van der Waals surface area (Å²) in [5, 5.41) is 10.6. The van der Waals surface area contributed by atoms with E-state index in [1.165, 1.54) is 4.90 Å². The SMILES string of the molecule is CN1CC=C[C@]2(C)O[C@]34C=CCN(C(C)(C)C)C(=O)C3N([C@@H](CO)Cc3ccccc3)C(=O)[C@@H]4[C@@H]2C1=O. The minimum Gasteiger partial charge on any atom is -0.394 e. The molecule has 4 aliphatic heterocycles. The Kier molecular flexibility index (Phi) is 6.11. The van der Waals surface area contributed by atoms with Gasteiger partial charge in [0, 0.05) is 25.7 Å². The number of carbonyl (C=O) groups is 3. The fourth-order valence-corrected chi connectivity index (χ4v) is 6.72. The number of fused-ring (bicyclic) bond motifs is 2. The Balaban J connectivity index is 1.67. The van der Waals surface area contributed by atoms with Crippen molar-refractivity contribution in [3.63, 3.8) is 0 Å². The van der Waals surface area contributed by atoms with Crippen molar-refractivity contribution >= 4 is 17.7 Å². The highest BCUT2D eigenvalue weighted by Crippen LogP contribution is 2.58. The first kappa shape index (κ1) is 25.7. The van der Waals surface area contributed by atoms with Crippen LogP contribution in [-0.2, 0) is 25.5 Å². The highest BCUT2D eigenvalue weighted by Gasteiger charge is 2.75. The molecule has 198 valence electrons. The van der Waals surface area contributed by atoms with Crippen LogP contribution in [0.1, 0.15) is 33.3 Å². The zero-order valence-electron chi connectivity index (χ0n) is 22.3. The number of hydrogen-bond donors (Lipinski definition) is 1. The monoisotopic (exact) mass is 507 g/mol. The lowest BCUT2D eigenvalue weighted by Crippen LogP contribution is -2.61. The molecule has 8 nitrogen and oxygen atoms in total. The number of carbonyl (C=O) groups excluding carboxylic acids is 3. The van der Waals surface area contributed by atoms with Crippen molar-refractivity contribution in [3.8, 4) is 0 Å². The van der Waals surface area contributed by atoms with Gasteiger partial charge >= 0.3 is 0 Å². The van der Waals surface area contributed by atoms with Crippen molar-refractivity contribution < 1.29 is 24.2 Å². The largest absolute Gasteiger partial charge is 0.394 e. The van der Waals surface area contributed by atoms with Gasteiger partial charge in [-0.2, -0.15) is 0 Å². The zero-order chi connectivity index (χ0) is 26.8. The molecule has 8 heteroatoms. The van der Waals surface area contributed by atoms with Crippen LogP contribution in [0.4, 0.5) is 0 Å². The average Bonchev–Trinajstić information content (AvgIpc) is 3.12. The van der Waals surface area contributed by atoms with Gasteiger partial charge in [-0.3, -0.25) is 14.4 Å². The van der Waals surface area contributed by atoms with Crippen LogP contribution in [0.25, 0.3) is 0 Å². The van der Waals surface area contributed by atoms with Gasteiger partial charge in [-0.1, -0.05) is 54.6 Å². The molecule has 2 fully saturated rings. The molecule has 37 heavy (non-hydrogen) atoms. The number of ether oxygens (including phenoxy) is 1. The third kappa shape index (κ3) is 3.84. The van der Waals surface area contributed by atoms with E-state index in [9.17, 15) is 19.5 Å². The average molecular weight is 508 g/mol. The molecular weight excluding hydrogens is 470 g/mol. The molecule has 4 heterocycles. The summed E-state index contributed by atoms with van der Waals surface area (Å²) >= 11 is 0. The molecule has 5 rings (SSSR count). The van der Waals surface area contributed by atoms with Gasteiger partial charge in [-0.15, -0.1) is 0 Å². The number of likely N-dealkylation sites (N-methyl/N-ethyl adjacent to an activating group) is 1. The molecule has 0 aliphatic carbocycles. The molecule has 1 N–H and O–H groups in total. The van der Waals surface area contributed by atoms with Gasteiger partial charge in [0.25, 0.3) is 0 Å². The lowest BCUT2D eigenvalue weighted by molar-refractivity contribution is -0.158. The molecule has 1 aromatic rings. The molecule has 1 aromatic carbocycles. The van der Waals surface area contributed by atoms with Gasteiger partial charge in [0.1, 0.15) is 11.6 Å². The molecule has 0 saturated carbocycles. The number of aliphatic hydroxyl groups is 1. The minimum absolute atomic E-state index is 0.176. The number of hydrogen-bond acceptors (Lipinski definition) is 5. The maximum absolute atomic E-state index is 14.4. The van der Waals surface area contributed by atoms with E-state index < -0.39 is 40.7 Å². The van der Waals surface area contributed by atoms with Crippen molar-refractivity contribution in [1.82, 2.24) is 14.7 Å². The fraction of sp³-hybridized carbons (Fsp3) is 0.552. The topological polar surface area (TPSA) is 90.4 Å². The second-order valence-corrected chi connectivity index (χ2v) is 11.9. The number of benzene rings is 1. The Morgan fingerprint density at radius 3 is 2.32 bits per heavy atom. The molecule has 4 aliphatic rings. The van der Waals surface area contributed by atoms with Crippen LogP contribution < -0.4 is 0 Å². The fourth-order valence-electron chi connectivity index (χ4n) is 6.72. The maximum atomic E-state index is 14.4. The van der Waals surface area contributed by atoms with Gasteiger partial charge in [0.15, 0.2) is 0 Å². The Labute approximate surface area is 218 Å². The van der Waals surface area contributed by atoms with Crippen LogP contribution in [-0.4, -0.2) is 93.1 Å². The van der Waals surface area contributed by atoms with Crippen LogP contribution in [0, 0.1) is 11.8 Å². The summed E-state index contributed by atoms with van der Waals surface area (Å²) in [6.07, 6.45) is 7.89. The molecule has 3 amide bonds. The van der Waals surface area contributed by atoms with Gasteiger partial charge < -0.3 is 24.5 Å². The molecular formula is C29H37N3O5. The molecule has 0 radical (unpaired) electrons. The van der Waals surface area contributed by atoms with E-state index >= 15 is 0 Å². The molecule has 2 saturated heterocycles. The first-order valence-corrected chi connectivity index (χ1v) is 13.0. The molecule has 1 spiro atoms. The Bertz CT molecular complexity index is 1160. The number of nitrogens with zero attached hydrogens (tertiary/aromatic N) is 3. The van der Waals surface area contributed by atoms with Crippen LogP contribution in [0.2, 0.25) is 0 Å². The van der Waals surface area contributed by atoms with Gasteiger partial charge in [-0.05, 0) is 39.7 Å². The maximum Gasteiger partial charge on any atom is 0.249 e. The van der Waals surface area contributed by atoms with Crippen molar-refractivity contribution in [3.05, 3.63) is 60.2 Å². The van der Waals surface area contributed by atoms with Crippen LogP contribution in [0.5, 0.6) is 0 Å². The van der Waals surface area contributed by atoms with Crippen LogP contribution >= 0.6 is 0 Å². The van der Waals surface area contributed by atoms with E-state index in [1.807, 2.05) is 82.3 Å². The zero-order valence-corrected chi connectivity index (χ0v) is 22.3. The van der Waals surface area contributed by atoms with Crippen LogP contribution in [0.15, 0.2) is 54.6 Å². The lowest BCUT2D eigenvalue weighted by Gasteiger charge is -2.43. The van der Waals surface area contributed by atoms with Crippen molar-refractivity contribution in [2.45, 2.75) is 62.9 Å². The lowest BCUT2D eigenvalue weighted by atomic mass is 9.74. The predicted octanol–water partition coefficient (Wildman–Crippen LogP) is 1.79. The quantitative estimate of drug-likeness (QED) is 0.628. The summed E-state index contributed by atoms with van der Waals surface area (Å²) in [5.41, 5.74) is -1.92. The molecule has 6 atom stereocenters. The van der Waals surface area contributed by atoms with Crippen molar-refractivity contribution in [1.29, 1.82) is 0 Å². The second kappa shape index (κ2) is 8.81. The predicted molar refractivity (Wildman–Crippen MR) is 138 cm³/mol. The first-order chi connectivity index (χ1) is 17.4. The summed E-state index contributed by atoms with van der Waals surface area (Å²) in [6.45, 7) is 8.20. The highest BCUT2D eigenvalue weighted by molar-refractivity contribution is 6.00. The van der Waals surface area contributed by atoms with Crippen LogP contribution in [0.3, 0.4) is 0 Å². The minimum atomic E-state index is -1.32. The Morgan fingerprint density at radius 1 is 1.00 bits per heavy atom. The highest BCUT2D eigenvalue weighted by atomic mass is 16.5. The van der Waals surface area contributed by atoms with Crippen molar-refractivity contribution in [2.75, 3.05) is 26.7 Å². The van der Waals surface area contributed by atoms with E-state index in [1.54, 1.807) is 16.8 Å². The number of amides is 3. The summed E-state index contributed by atoms with van der Waals surface area (Å²) < 4.78 is 6.81. The first-order valence-electron chi connectivity index (χ1n) is 13.0. The summed E-state index contributed by atoms with van der Waals surface area (Å²) in [7, 11) is 1.72. The number of rotatable bonds is 4. The summed E-state index contributed by atoms with van der Waals surface area (Å²) in [4.78, 5) is 47.4. The van der Waals surface area contributed by atoms with Gasteiger partial charge in [0.2, 0.25) is 17.7 Å². The standard InChI is InChI=1S/C29H37N3O5/c1-27(2,3)31-16-10-14-29-22(21-24(34)30(5)15-9-13-28(21,4)37-29)25(35)32(23(29)26(31)36)20(18-33)17-19-11-7-6-8-12-19/h6-14,20-23,33H,15-18H2,1-5H3/t20-,21-,22+,23?,28+,29+/m1/s1. The smallest absolute Gasteiger partial charge is 0.249 e. The van der Waals surface area contributed by atoms with E-state index in [-0.39, 0.29) is 24.3 Å². The molecule has 0 aromatic heterocycles. The second-order valence-electron chi connectivity index (χ2n) is 11.9. The molecule has 0 bridgehead atoms. The molecule has 1 unspecified atom stereocenters. The third-order valence-electron chi connectivity index (χ3n) is 8.42.